The summed E-state index contributed by atoms with van der Waals surface area (Å²) in [7, 11) is -2.16. The first-order valence-electron chi connectivity index (χ1n) is 9.27. The molecule has 3 aromatic rings. The van der Waals surface area contributed by atoms with Gasteiger partial charge < -0.3 is 10.1 Å². The lowest BCUT2D eigenvalue weighted by molar-refractivity contribution is -0.117. The molecule has 7 heteroatoms. The number of anilines is 2. The number of hydrogen-bond acceptors (Lipinski definition) is 4. The van der Waals surface area contributed by atoms with Gasteiger partial charge in [-0.3, -0.25) is 9.10 Å². The highest BCUT2D eigenvalue weighted by Gasteiger charge is 2.31. The number of amides is 1. The summed E-state index contributed by atoms with van der Waals surface area (Å²) in [4.78, 5) is 13.1. The normalized spacial score (nSPS) is 12.4. The molecule has 1 atom stereocenters. The van der Waals surface area contributed by atoms with Crippen LogP contribution < -0.4 is 14.4 Å². The van der Waals surface area contributed by atoms with Crippen LogP contribution in [-0.2, 0) is 14.8 Å². The predicted molar refractivity (Wildman–Crippen MR) is 117 cm³/mol. The van der Waals surface area contributed by atoms with Crippen LogP contribution in [-0.4, -0.2) is 33.7 Å². The van der Waals surface area contributed by atoms with Crippen LogP contribution in [0.15, 0.2) is 66.7 Å². The van der Waals surface area contributed by atoms with E-state index in [1.54, 1.807) is 31.2 Å². The Morgan fingerprint density at radius 3 is 2.31 bits per heavy atom. The average Bonchev–Trinajstić information content (AvgIpc) is 2.71. The second-order valence-electron chi connectivity index (χ2n) is 6.70. The van der Waals surface area contributed by atoms with Gasteiger partial charge in [0.1, 0.15) is 11.8 Å². The number of sulfonamides is 1. The molecule has 0 bridgehead atoms. The molecule has 0 heterocycles. The van der Waals surface area contributed by atoms with Gasteiger partial charge in [0.15, 0.2) is 0 Å². The molecule has 3 rings (SSSR count). The summed E-state index contributed by atoms with van der Waals surface area (Å²) < 4.78 is 31.4. The minimum absolute atomic E-state index is 0.315. The van der Waals surface area contributed by atoms with Crippen LogP contribution in [0, 0.1) is 0 Å². The maximum absolute atomic E-state index is 13.1. The van der Waals surface area contributed by atoms with Crippen molar-refractivity contribution >= 4 is 38.1 Å². The monoisotopic (exact) mass is 412 g/mol. The van der Waals surface area contributed by atoms with Gasteiger partial charge in [-0.05, 0) is 42.1 Å². The highest BCUT2D eigenvalue weighted by Crippen LogP contribution is 2.27. The fraction of sp³-hybridized carbons (Fsp3) is 0.227. The van der Waals surface area contributed by atoms with Crippen molar-refractivity contribution in [3.8, 4) is 5.75 Å². The summed E-state index contributed by atoms with van der Waals surface area (Å²) >= 11 is 0. The van der Waals surface area contributed by atoms with E-state index in [0.29, 0.717) is 23.5 Å². The first-order chi connectivity index (χ1) is 13.8. The summed E-state index contributed by atoms with van der Waals surface area (Å²) in [5, 5.41) is 4.80. The Hall–Kier alpha value is -3.06. The number of methoxy groups -OCH3 is 1. The molecule has 0 radical (unpaired) electrons. The zero-order valence-corrected chi connectivity index (χ0v) is 17.4. The fourth-order valence-corrected chi connectivity index (χ4v) is 4.55. The molecule has 0 spiro atoms. The van der Waals surface area contributed by atoms with E-state index in [-0.39, 0.29) is 5.91 Å². The van der Waals surface area contributed by atoms with Gasteiger partial charge in [-0.1, -0.05) is 43.3 Å². The van der Waals surface area contributed by atoms with Crippen molar-refractivity contribution in [1.29, 1.82) is 0 Å². The van der Waals surface area contributed by atoms with E-state index in [4.69, 9.17) is 4.74 Å². The molecule has 0 aliphatic heterocycles. The topological polar surface area (TPSA) is 75.7 Å². The molecular weight excluding hydrogens is 388 g/mol. The number of nitrogens with zero attached hydrogens (tertiary/aromatic N) is 1. The van der Waals surface area contributed by atoms with Crippen LogP contribution in [0.3, 0.4) is 0 Å². The Morgan fingerprint density at radius 2 is 1.69 bits per heavy atom. The molecule has 29 heavy (non-hydrogen) atoms. The van der Waals surface area contributed by atoms with Gasteiger partial charge in [-0.25, -0.2) is 8.42 Å². The molecule has 0 fully saturated rings. The first kappa shape index (κ1) is 20.7. The van der Waals surface area contributed by atoms with Crippen LogP contribution >= 0.6 is 0 Å². The number of rotatable bonds is 7. The summed E-state index contributed by atoms with van der Waals surface area (Å²) in [5.41, 5.74) is 1.06. The van der Waals surface area contributed by atoms with Crippen LogP contribution in [0.1, 0.15) is 13.3 Å². The maximum atomic E-state index is 13.1. The molecule has 0 aliphatic carbocycles. The molecule has 0 saturated carbocycles. The molecule has 0 saturated heterocycles. The third-order valence-corrected chi connectivity index (χ3v) is 5.88. The van der Waals surface area contributed by atoms with Crippen LogP contribution in [0.25, 0.3) is 10.8 Å². The highest BCUT2D eigenvalue weighted by atomic mass is 32.2. The molecule has 0 unspecified atom stereocenters. The van der Waals surface area contributed by atoms with E-state index in [1.165, 1.54) is 7.11 Å². The Bertz CT molecular complexity index is 1110. The van der Waals surface area contributed by atoms with E-state index in [2.05, 4.69) is 5.32 Å². The molecule has 152 valence electrons. The van der Waals surface area contributed by atoms with Crippen LogP contribution in [0.5, 0.6) is 5.75 Å². The first-order valence-corrected chi connectivity index (χ1v) is 11.1. The minimum atomic E-state index is -3.70. The van der Waals surface area contributed by atoms with Gasteiger partial charge >= 0.3 is 0 Å². The second-order valence-corrected chi connectivity index (χ2v) is 8.56. The van der Waals surface area contributed by atoms with Gasteiger partial charge in [-0.15, -0.1) is 0 Å². The van der Waals surface area contributed by atoms with Gasteiger partial charge in [0, 0.05) is 11.1 Å². The lowest BCUT2D eigenvalue weighted by Gasteiger charge is -2.30. The van der Waals surface area contributed by atoms with Crippen molar-refractivity contribution in [3.05, 3.63) is 66.7 Å². The maximum Gasteiger partial charge on any atom is 0.248 e. The number of ether oxygens (including phenoxy) is 1. The van der Waals surface area contributed by atoms with Gasteiger partial charge in [0.05, 0.1) is 19.1 Å². The molecule has 3 aromatic carbocycles. The number of carbonyl (C=O) groups excluding carboxylic acids is 1. The van der Waals surface area contributed by atoms with Crippen LogP contribution in [0.2, 0.25) is 0 Å². The largest absolute Gasteiger partial charge is 0.497 e. The van der Waals surface area contributed by atoms with Crippen LogP contribution in [0.4, 0.5) is 11.4 Å². The van der Waals surface area contributed by atoms with Crippen molar-refractivity contribution in [2.45, 2.75) is 19.4 Å². The zero-order chi connectivity index (χ0) is 21.0. The lowest BCUT2D eigenvalue weighted by atomic mass is 10.1. The SMILES string of the molecule is CC[C@@H](C(=O)Nc1cccc2ccccc12)N(c1ccc(OC)cc1)S(C)(=O)=O. The number of hydrogen-bond donors (Lipinski definition) is 1. The third kappa shape index (κ3) is 4.51. The Balaban J connectivity index is 1.96. The average molecular weight is 413 g/mol. The Kier molecular flexibility index (Phi) is 6.08. The Morgan fingerprint density at radius 1 is 1.03 bits per heavy atom. The number of nitrogens with one attached hydrogen (secondary N) is 1. The zero-order valence-electron chi connectivity index (χ0n) is 16.6. The van der Waals surface area contributed by atoms with Crippen molar-refractivity contribution in [1.82, 2.24) is 0 Å². The molecular formula is C22H24N2O4S. The quantitative estimate of drug-likeness (QED) is 0.636. The molecule has 1 N–H and O–H groups in total. The summed E-state index contributed by atoms with van der Waals surface area (Å²) in [6.45, 7) is 1.79. The van der Waals surface area contributed by atoms with Gasteiger partial charge in [0.2, 0.25) is 15.9 Å². The van der Waals surface area contributed by atoms with Crippen molar-refractivity contribution < 1.29 is 17.9 Å². The lowest BCUT2D eigenvalue weighted by Crippen LogP contribution is -2.47. The number of carbonyl (C=O) groups is 1. The van der Waals surface area contributed by atoms with Gasteiger partial charge in [-0.2, -0.15) is 0 Å². The minimum Gasteiger partial charge on any atom is -0.497 e. The summed E-state index contributed by atoms with van der Waals surface area (Å²) in [6.07, 6.45) is 1.42. The second kappa shape index (κ2) is 8.53. The highest BCUT2D eigenvalue weighted by molar-refractivity contribution is 7.92. The fourth-order valence-electron chi connectivity index (χ4n) is 3.34. The molecule has 0 aromatic heterocycles. The van der Waals surface area contributed by atoms with Gasteiger partial charge in [0.25, 0.3) is 0 Å². The van der Waals surface area contributed by atoms with E-state index in [9.17, 15) is 13.2 Å². The number of fused-ring (bicyclic) bond motifs is 1. The third-order valence-electron chi connectivity index (χ3n) is 4.70. The molecule has 0 aliphatic rings. The van der Waals surface area contributed by atoms with E-state index in [1.807, 2.05) is 42.5 Å². The summed E-state index contributed by atoms with van der Waals surface area (Å²) in [5.74, 6) is 0.223. The van der Waals surface area contributed by atoms with Crippen molar-refractivity contribution in [3.63, 3.8) is 0 Å². The van der Waals surface area contributed by atoms with E-state index in [0.717, 1.165) is 21.3 Å². The molecule has 6 nitrogen and oxygen atoms in total. The van der Waals surface area contributed by atoms with Crippen molar-refractivity contribution in [2.75, 3.05) is 23.0 Å². The smallest absolute Gasteiger partial charge is 0.248 e. The number of benzene rings is 3. The predicted octanol–water partition coefficient (Wildman–Crippen LogP) is 4.03. The summed E-state index contributed by atoms with van der Waals surface area (Å²) in [6, 6.07) is 19.1. The Labute approximate surface area is 171 Å². The van der Waals surface area contributed by atoms with Crippen molar-refractivity contribution in [2.24, 2.45) is 0 Å². The van der Waals surface area contributed by atoms with E-state index < -0.39 is 16.1 Å². The van der Waals surface area contributed by atoms with E-state index >= 15 is 0 Å². The standard InChI is InChI=1S/C22H24N2O4S/c1-4-21(24(29(3,26)27)17-12-14-18(28-2)15-13-17)22(25)23-20-11-7-9-16-8-5-6-10-19(16)20/h5-15,21H,4H2,1-3H3,(H,23,25)/t21-/m0/s1. The molecule has 1 amide bonds.